The van der Waals surface area contributed by atoms with E-state index in [2.05, 4.69) is 6.92 Å². The van der Waals surface area contributed by atoms with Crippen molar-refractivity contribution in [3.63, 3.8) is 0 Å². The van der Waals surface area contributed by atoms with Crippen LogP contribution in [0, 0.1) is 5.92 Å². The Hall–Kier alpha value is -0.835. The maximum Gasteiger partial charge on any atom is 0.488 e. The first-order chi connectivity index (χ1) is 8.20. The fourth-order valence-corrected chi connectivity index (χ4v) is 2.27. The fourth-order valence-electron chi connectivity index (χ4n) is 2.27. The predicted octanol–water partition coefficient (Wildman–Crippen LogP) is 1.24. The van der Waals surface area contributed by atoms with Crippen LogP contribution in [0.25, 0.3) is 0 Å². The van der Waals surface area contributed by atoms with E-state index >= 15 is 0 Å². The molecule has 1 heterocycles. The lowest BCUT2D eigenvalue weighted by Gasteiger charge is -2.28. The first-order valence-electron chi connectivity index (χ1n) is 6.28. The zero-order chi connectivity index (χ0) is 12.3. The minimum atomic E-state index is -1.39. The van der Waals surface area contributed by atoms with Crippen LogP contribution >= 0.6 is 0 Å². The lowest BCUT2D eigenvalue weighted by molar-refractivity contribution is -0.0180. The molecule has 1 aromatic rings. The van der Waals surface area contributed by atoms with Gasteiger partial charge in [-0.05, 0) is 29.8 Å². The molecule has 2 N–H and O–H groups in total. The molecule has 0 unspecified atom stereocenters. The standard InChI is InChI=1S/C13H19BO3/c1-2-10-3-8-13(17-9-10)11-4-6-12(7-5-11)14(15)16/h4-7,10,13,15-16H,2-3,8-9H2,1H3/t10-,13+/m0/s1. The number of ether oxygens (including phenoxy) is 1. The summed E-state index contributed by atoms with van der Waals surface area (Å²) in [6.45, 7) is 3.04. The Morgan fingerprint density at radius 3 is 2.41 bits per heavy atom. The van der Waals surface area contributed by atoms with E-state index in [1.54, 1.807) is 12.1 Å². The number of hydrogen-bond acceptors (Lipinski definition) is 3. The van der Waals surface area contributed by atoms with Crippen LogP contribution in [0.2, 0.25) is 0 Å². The Labute approximate surface area is 103 Å². The predicted molar refractivity (Wildman–Crippen MR) is 68.0 cm³/mol. The van der Waals surface area contributed by atoms with Gasteiger partial charge in [-0.15, -0.1) is 0 Å². The number of rotatable bonds is 3. The van der Waals surface area contributed by atoms with E-state index in [9.17, 15) is 0 Å². The summed E-state index contributed by atoms with van der Waals surface area (Å²) >= 11 is 0. The van der Waals surface area contributed by atoms with E-state index in [-0.39, 0.29) is 6.10 Å². The van der Waals surface area contributed by atoms with Gasteiger partial charge in [0.25, 0.3) is 0 Å². The Morgan fingerprint density at radius 2 is 1.94 bits per heavy atom. The van der Waals surface area contributed by atoms with Crippen LogP contribution in [-0.4, -0.2) is 23.8 Å². The molecule has 0 aromatic heterocycles. The summed E-state index contributed by atoms with van der Waals surface area (Å²) in [5.74, 6) is 0.699. The van der Waals surface area contributed by atoms with E-state index < -0.39 is 7.12 Å². The second-order valence-electron chi connectivity index (χ2n) is 4.71. The average molecular weight is 234 g/mol. The topological polar surface area (TPSA) is 49.7 Å². The molecular weight excluding hydrogens is 215 g/mol. The monoisotopic (exact) mass is 234 g/mol. The summed E-state index contributed by atoms with van der Waals surface area (Å²) in [6.07, 6.45) is 3.62. The SMILES string of the molecule is CC[C@H]1CC[C@H](c2ccc(B(O)O)cc2)OC1. The molecule has 1 saturated heterocycles. The molecule has 1 aliphatic heterocycles. The lowest BCUT2D eigenvalue weighted by atomic mass is 9.79. The molecule has 0 amide bonds. The molecule has 0 saturated carbocycles. The molecule has 17 heavy (non-hydrogen) atoms. The highest BCUT2D eigenvalue weighted by Crippen LogP contribution is 2.31. The summed E-state index contributed by atoms with van der Waals surface area (Å²) in [4.78, 5) is 0. The van der Waals surface area contributed by atoms with Gasteiger partial charge in [0.1, 0.15) is 0 Å². The molecule has 0 aliphatic carbocycles. The van der Waals surface area contributed by atoms with Crippen molar-refractivity contribution in [3.8, 4) is 0 Å². The van der Waals surface area contributed by atoms with Crippen molar-refractivity contribution in [3.05, 3.63) is 29.8 Å². The third-order valence-electron chi connectivity index (χ3n) is 3.55. The van der Waals surface area contributed by atoms with Crippen molar-refractivity contribution in [1.29, 1.82) is 0 Å². The highest BCUT2D eigenvalue weighted by Gasteiger charge is 2.22. The number of benzene rings is 1. The molecule has 92 valence electrons. The van der Waals surface area contributed by atoms with Gasteiger partial charge >= 0.3 is 7.12 Å². The lowest BCUT2D eigenvalue weighted by Crippen LogP contribution is -2.29. The maximum absolute atomic E-state index is 9.02. The second kappa shape index (κ2) is 5.67. The highest BCUT2D eigenvalue weighted by atomic mass is 16.5. The summed E-state index contributed by atoms with van der Waals surface area (Å²) in [6, 6.07) is 7.34. The molecule has 4 heteroatoms. The van der Waals surface area contributed by atoms with Crippen LogP contribution in [0.1, 0.15) is 37.9 Å². The van der Waals surface area contributed by atoms with Crippen LogP contribution in [0.15, 0.2) is 24.3 Å². The average Bonchev–Trinajstić information content (AvgIpc) is 2.39. The van der Waals surface area contributed by atoms with Crippen LogP contribution in [0.4, 0.5) is 0 Å². The van der Waals surface area contributed by atoms with Gasteiger partial charge < -0.3 is 14.8 Å². The molecule has 2 rings (SSSR count). The van der Waals surface area contributed by atoms with E-state index in [0.29, 0.717) is 11.4 Å². The molecule has 0 radical (unpaired) electrons. The Balaban J connectivity index is 1.99. The quantitative estimate of drug-likeness (QED) is 0.773. The van der Waals surface area contributed by atoms with Gasteiger partial charge in [0.05, 0.1) is 12.7 Å². The van der Waals surface area contributed by atoms with Crippen LogP contribution in [-0.2, 0) is 4.74 Å². The van der Waals surface area contributed by atoms with Crippen LogP contribution < -0.4 is 5.46 Å². The van der Waals surface area contributed by atoms with Gasteiger partial charge in [0.15, 0.2) is 0 Å². The van der Waals surface area contributed by atoms with Gasteiger partial charge in [-0.2, -0.15) is 0 Å². The van der Waals surface area contributed by atoms with E-state index in [1.807, 2.05) is 12.1 Å². The van der Waals surface area contributed by atoms with Gasteiger partial charge in [-0.25, -0.2) is 0 Å². The summed E-state index contributed by atoms with van der Waals surface area (Å²) in [7, 11) is -1.39. The third-order valence-corrected chi connectivity index (χ3v) is 3.55. The zero-order valence-electron chi connectivity index (χ0n) is 10.2. The van der Waals surface area contributed by atoms with Gasteiger partial charge in [0, 0.05) is 0 Å². The first kappa shape index (κ1) is 12.6. The Kier molecular flexibility index (Phi) is 4.21. The van der Waals surface area contributed by atoms with Crippen molar-refractivity contribution in [2.24, 2.45) is 5.92 Å². The van der Waals surface area contributed by atoms with Crippen molar-refractivity contribution >= 4 is 12.6 Å². The maximum atomic E-state index is 9.02. The van der Waals surface area contributed by atoms with Crippen molar-refractivity contribution in [1.82, 2.24) is 0 Å². The fraction of sp³-hybridized carbons (Fsp3) is 0.538. The van der Waals surface area contributed by atoms with Gasteiger partial charge in [-0.1, -0.05) is 37.6 Å². The smallest absolute Gasteiger partial charge is 0.423 e. The third kappa shape index (κ3) is 3.09. The highest BCUT2D eigenvalue weighted by molar-refractivity contribution is 6.58. The van der Waals surface area contributed by atoms with Crippen molar-refractivity contribution < 1.29 is 14.8 Å². The Bertz CT molecular complexity index is 342. The van der Waals surface area contributed by atoms with E-state index in [4.69, 9.17) is 14.8 Å². The zero-order valence-corrected chi connectivity index (χ0v) is 10.2. The first-order valence-corrected chi connectivity index (χ1v) is 6.28. The van der Waals surface area contributed by atoms with Crippen molar-refractivity contribution in [2.75, 3.05) is 6.61 Å². The minimum Gasteiger partial charge on any atom is -0.423 e. The molecule has 1 aliphatic rings. The molecule has 3 nitrogen and oxygen atoms in total. The Morgan fingerprint density at radius 1 is 1.24 bits per heavy atom. The van der Waals surface area contributed by atoms with Crippen molar-refractivity contribution in [2.45, 2.75) is 32.3 Å². The molecule has 2 atom stereocenters. The van der Waals surface area contributed by atoms with Crippen LogP contribution in [0.5, 0.6) is 0 Å². The second-order valence-corrected chi connectivity index (χ2v) is 4.71. The minimum absolute atomic E-state index is 0.169. The summed E-state index contributed by atoms with van der Waals surface area (Å²) in [5, 5.41) is 18.0. The van der Waals surface area contributed by atoms with E-state index in [0.717, 1.165) is 18.6 Å². The summed E-state index contributed by atoms with van der Waals surface area (Å²) < 4.78 is 5.84. The molecule has 1 fully saturated rings. The van der Waals surface area contributed by atoms with E-state index in [1.165, 1.54) is 12.8 Å². The molecular formula is C13H19BO3. The molecule has 0 spiro atoms. The van der Waals surface area contributed by atoms with Gasteiger partial charge in [-0.3, -0.25) is 0 Å². The number of hydrogen-bond donors (Lipinski definition) is 2. The molecule has 1 aromatic carbocycles. The van der Waals surface area contributed by atoms with Gasteiger partial charge in [0.2, 0.25) is 0 Å². The largest absolute Gasteiger partial charge is 0.488 e. The molecule has 0 bridgehead atoms. The summed E-state index contributed by atoms with van der Waals surface area (Å²) in [5.41, 5.74) is 1.65. The normalized spacial score (nSPS) is 24.6. The van der Waals surface area contributed by atoms with Crippen LogP contribution in [0.3, 0.4) is 0 Å².